The van der Waals surface area contributed by atoms with E-state index in [1.165, 1.54) is 25.7 Å². The molecule has 0 bridgehead atoms. The van der Waals surface area contributed by atoms with Gasteiger partial charge in [-0.3, -0.25) is 4.79 Å². The zero-order chi connectivity index (χ0) is 30.8. The number of nitrogens with one attached hydrogen (secondary N) is 2. The maximum Gasteiger partial charge on any atom is 0.404 e. The third-order valence-electron chi connectivity index (χ3n) is 9.79. The van der Waals surface area contributed by atoms with Crippen LogP contribution in [0.15, 0.2) is 24.3 Å². The molecule has 1 saturated heterocycles. The minimum Gasteiger partial charge on any atom is -0.465 e. The molecular weight excluding hydrogens is 566 g/mol. The van der Waals surface area contributed by atoms with Crippen molar-refractivity contribution in [3.63, 3.8) is 0 Å². The zero-order valence-corrected chi connectivity index (χ0v) is 26.9. The monoisotopic (exact) mass is 617 g/mol. The molecule has 1 atom stereocenters. The van der Waals surface area contributed by atoms with Crippen molar-refractivity contribution in [1.29, 1.82) is 0 Å². The van der Waals surface area contributed by atoms with Crippen molar-refractivity contribution in [2.24, 2.45) is 0 Å². The van der Waals surface area contributed by atoms with Crippen molar-refractivity contribution in [3.05, 3.63) is 34.9 Å². The van der Waals surface area contributed by atoms with E-state index in [0.29, 0.717) is 37.6 Å². The van der Waals surface area contributed by atoms with Gasteiger partial charge in [0.1, 0.15) is 0 Å². The van der Waals surface area contributed by atoms with Crippen molar-refractivity contribution in [2.45, 2.75) is 128 Å². The number of hydrogen-bond donors (Lipinski definition) is 3. The van der Waals surface area contributed by atoms with Crippen LogP contribution in [-0.2, 0) is 11.2 Å². The minimum atomic E-state index is -0.980. The molecule has 1 aromatic carbocycles. The van der Waals surface area contributed by atoms with Crippen LogP contribution in [0.3, 0.4) is 0 Å². The maximum atomic E-state index is 14.1. The Hall–Kier alpha value is -2.52. The van der Waals surface area contributed by atoms with Gasteiger partial charge in [-0.1, -0.05) is 49.4 Å². The fourth-order valence-electron chi connectivity index (χ4n) is 7.33. The van der Waals surface area contributed by atoms with Crippen molar-refractivity contribution in [2.75, 3.05) is 26.2 Å². The number of amides is 4. The van der Waals surface area contributed by atoms with Gasteiger partial charge in [-0.2, -0.15) is 0 Å². The Kier molecular flexibility index (Phi) is 12.8. The molecule has 240 valence electrons. The second-order valence-corrected chi connectivity index (χ2v) is 13.0. The van der Waals surface area contributed by atoms with E-state index in [4.69, 9.17) is 16.7 Å². The molecular formula is C33H52ClN5O4. The Morgan fingerprint density at radius 3 is 1.98 bits per heavy atom. The van der Waals surface area contributed by atoms with Crippen LogP contribution in [0.2, 0.25) is 5.02 Å². The van der Waals surface area contributed by atoms with Gasteiger partial charge in [0.05, 0.1) is 6.04 Å². The molecule has 4 amide bonds. The minimum absolute atomic E-state index is 0.0320. The van der Waals surface area contributed by atoms with Crippen molar-refractivity contribution >= 4 is 29.6 Å². The van der Waals surface area contributed by atoms with Crippen LogP contribution in [-0.4, -0.2) is 94.2 Å². The number of hydrogen-bond acceptors (Lipinski definition) is 4. The summed E-state index contributed by atoms with van der Waals surface area (Å²) in [7, 11) is 0. The summed E-state index contributed by atoms with van der Waals surface area (Å²) < 4.78 is 0. The van der Waals surface area contributed by atoms with E-state index in [1.54, 1.807) is 0 Å². The molecule has 3 fully saturated rings. The van der Waals surface area contributed by atoms with E-state index in [2.05, 4.69) is 29.4 Å². The molecule has 0 radical (unpaired) electrons. The topological polar surface area (TPSA) is 105 Å². The Morgan fingerprint density at radius 1 is 0.860 bits per heavy atom. The molecule has 2 saturated carbocycles. The van der Waals surface area contributed by atoms with Crippen LogP contribution >= 0.6 is 11.6 Å². The molecule has 2 aliphatic carbocycles. The lowest BCUT2D eigenvalue weighted by atomic mass is 9.90. The van der Waals surface area contributed by atoms with E-state index in [1.807, 2.05) is 34.1 Å². The Morgan fingerprint density at radius 2 is 1.42 bits per heavy atom. The van der Waals surface area contributed by atoms with E-state index in [0.717, 1.165) is 56.9 Å². The first-order chi connectivity index (χ1) is 20.8. The van der Waals surface area contributed by atoms with Gasteiger partial charge in [-0.25, -0.2) is 9.59 Å². The molecule has 9 nitrogen and oxygen atoms in total. The number of likely N-dealkylation sites (tertiary alicyclic amines) is 1. The number of carbonyl (C=O) groups excluding carboxylic acids is 2. The molecule has 1 aliphatic heterocycles. The summed E-state index contributed by atoms with van der Waals surface area (Å²) in [6.07, 6.45) is 11.3. The second-order valence-electron chi connectivity index (χ2n) is 12.6. The highest BCUT2D eigenvalue weighted by molar-refractivity contribution is 6.30. The number of piperidine rings is 1. The summed E-state index contributed by atoms with van der Waals surface area (Å²) in [4.78, 5) is 45.1. The third kappa shape index (κ3) is 9.48. The number of halogens is 1. The van der Waals surface area contributed by atoms with Crippen LogP contribution in [0, 0.1) is 0 Å². The average molecular weight is 618 g/mol. The summed E-state index contributed by atoms with van der Waals surface area (Å²) in [5.41, 5.74) is 1.05. The zero-order valence-electron chi connectivity index (χ0n) is 26.1. The predicted octanol–water partition coefficient (Wildman–Crippen LogP) is 5.90. The first kappa shape index (κ1) is 33.4. The van der Waals surface area contributed by atoms with Gasteiger partial charge in [0, 0.05) is 55.4 Å². The predicted molar refractivity (Wildman–Crippen MR) is 171 cm³/mol. The van der Waals surface area contributed by atoms with Crippen LogP contribution < -0.4 is 10.6 Å². The summed E-state index contributed by atoms with van der Waals surface area (Å²) in [5.74, 6) is 0.107. The first-order valence-corrected chi connectivity index (χ1v) is 17.0. The summed E-state index contributed by atoms with van der Waals surface area (Å²) in [6, 6.07) is 8.04. The number of carboxylic acid groups (broad SMARTS) is 1. The fraction of sp³-hybridized carbons (Fsp3) is 0.727. The quantitative estimate of drug-likeness (QED) is 0.284. The Balaban J connectivity index is 1.43. The van der Waals surface area contributed by atoms with Gasteiger partial charge in [0.25, 0.3) is 0 Å². The lowest BCUT2D eigenvalue weighted by Gasteiger charge is -2.44. The molecule has 0 spiro atoms. The lowest BCUT2D eigenvalue weighted by molar-refractivity contribution is -0.135. The molecule has 10 heteroatoms. The van der Waals surface area contributed by atoms with Crippen LogP contribution in [0.4, 0.5) is 9.59 Å². The summed E-state index contributed by atoms with van der Waals surface area (Å²) in [5, 5.41) is 16.0. The van der Waals surface area contributed by atoms with Gasteiger partial charge in [0.2, 0.25) is 5.91 Å². The Bertz CT molecular complexity index is 1030. The van der Waals surface area contributed by atoms with E-state index >= 15 is 0 Å². The highest BCUT2D eigenvalue weighted by Crippen LogP contribution is 2.29. The van der Waals surface area contributed by atoms with Crippen molar-refractivity contribution in [3.8, 4) is 0 Å². The highest BCUT2D eigenvalue weighted by atomic mass is 35.5. The average Bonchev–Trinajstić information content (AvgIpc) is 3.29. The lowest BCUT2D eigenvalue weighted by Crippen LogP contribution is -2.58. The van der Waals surface area contributed by atoms with Gasteiger partial charge in [0.15, 0.2) is 0 Å². The molecule has 1 heterocycles. The number of benzene rings is 1. The molecule has 43 heavy (non-hydrogen) atoms. The number of rotatable bonds is 10. The molecule has 0 aromatic heterocycles. The first-order valence-electron chi connectivity index (χ1n) is 16.6. The maximum absolute atomic E-state index is 14.1. The van der Waals surface area contributed by atoms with Crippen molar-refractivity contribution < 1.29 is 19.5 Å². The molecule has 1 aromatic rings. The van der Waals surface area contributed by atoms with Gasteiger partial charge < -0.3 is 30.4 Å². The summed E-state index contributed by atoms with van der Waals surface area (Å²) >= 11 is 6.13. The highest BCUT2D eigenvalue weighted by Gasteiger charge is 2.37. The largest absolute Gasteiger partial charge is 0.465 e. The van der Waals surface area contributed by atoms with Gasteiger partial charge >= 0.3 is 12.1 Å². The number of nitrogens with zero attached hydrogens (tertiary/aromatic N) is 3. The van der Waals surface area contributed by atoms with Gasteiger partial charge in [-0.05, 0) is 89.3 Å². The van der Waals surface area contributed by atoms with Crippen molar-refractivity contribution in [1.82, 2.24) is 25.3 Å². The van der Waals surface area contributed by atoms with Gasteiger partial charge in [-0.15, -0.1) is 0 Å². The standard InChI is InChI=1S/C33H52ClN5O4/c1-3-37(4-2)33(43)39(28-9-7-5-6-8-10-28)29-19-21-38(22-20-29)31(40)30(23-24-11-13-25(34)14-12-24)35-26-15-17-27(18-16-26)36-32(41)42/h11-14,26-30,35-36H,3-10,15-23H2,1-2H3,(H,41,42)/t26-,27+,30-/m1/s1. The fourth-order valence-corrected chi connectivity index (χ4v) is 7.45. The molecule has 3 N–H and O–H groups in total. The number of urea groups is 1. The van der Waals surface area contributed by atoms with Crippen LogP contribution in [0.1, 0.15) is 96.5 Å². The van der Waals surface area contributed by atoms with Crippen LogP contribution in [0.25, 0.3) is 0 Å². The van der Waals surface area contributed by atoms with E-state index in [-0.39, 0.29) is 42.1 Å². The molecule has 4 rings (SSSR count). The van der Waals surface area contributed by atoms with E-state index < -0.39 is 6.09 Å². The third-order valence-corrected chi connectivity index (χ3v) is 10.0. The van der Waals surface area contributed by atoms with E-state index in [9.17, 15) is 14.4 Å². The normalized spacial score (nSPS) is 22.8. The SMILES string of the molecule is CCN(CC)C(=O)N(C1CCCCCC1)C1CCN(C(=O)[C@@H](Cc2ccc(Cl)cc2)N[C@H]2CC[C@@H](NC(=O)O)CC2)CC1. The number of carbonyl (C=O) groups is 3. The second kappa shape index (κ2) is 16.5. The van der Waals surface area contributed by atoms with Crippen LogP contribution in [0.5, 0.6) is 0 Å². The molecule has 0 unspecified atom stereocenters. The molecule has 3 aliphatic rings. The smallest absolute Gasteiger partial charge is 0.404 e. The summed E-state index contributed by atoms with van der Waals surface area (Å²) in [6.45, 7) is 6.82. The Labute approximate surface area is 262 Å².